The Morgan fingerprint density at radius 1 is 0.783 bits per heavy atom. The van der Waals surface area contributed by atoms with E-state index in [0.717, 1.165) is 43.4 Å². The highest BCUT2D eigenvalue weighted by molar-refractivity contribution is 5.95. The Bertz CT molecular complexity index is 1780. The number of carbonyl (C=O) groups is 6. The summed E-state index contributed by atoms with van der Waals surface area (Å²) in [5.41, 5.74) is 7.57. The third kappa shape index (κ3) is 13.5. The summed E-state index contributed by atoms with van der Waals surface area (Å²) in [6.07, 6.45) is 5.85. The third-order valence-corrected chi connectivity index (χ3v) is 11.9. The van der Waals surface area contributed by atoms with E-state index in [0.29, 0.717) is 51.7 Å². The zero-order valence-electron chi connectivity index (χ0n) is 36.1. The summed E-state index contributed by atoms with van der Waals surface area (Å²) in [6.45, 7) is 11.5. The van der Waals surface area contributed by atoms with E-state index in [1.54, 1.807) is 20.8 Å². The summed E-state index contributed by atoms with van der Waals surface area (Å²) in [6, 6.07) is 14.9. The summed E-state index contributed by atoms with van der Waals surface area (Å²) in [5, 5.41) is 14.5. The minimum Gasteiger partial charge on any atom is -0.444 e. The fraction of sp³-hybridized carbons (Fsp3) is 0.609. The van der Waals surface area contributed by atoms with Crippen LogP contribution in [0.15, 0.2) is 60.7 Å². The number of benzene rings is 2. The Morgan fingerprint density at radius 3 is 1.92 bits per heavy atom. The van der Waals surface area contributed by atoms with Crippen LogP contribution in [0.25, 0.3) is 0 Å². The Hall–Kier alpha value is -4.98. The van der Waals surface area contributed by atoms with Crippen molar-refractivity contribution >= 4 is 35.6 Å². The van der Waals surface area contributed by atoms with Gasteiger partial charge in [-0.2, -0.15) is 0 Å². The molecule has 3 fully saturated rings. The number of carbonyl (C=O) groups excluding carboxylic acids is 6. The van der Waals surface area contributed by atoms with Gasteiger partial charge in [-0.05, 0) is 106 Å². The van der Waals surface area contributed by atoms with Gasteiger partial charge in [0.2, 0.25) is 29.5 Å². The molecule has 5 rings (SSSR count). The first-order valence-corrected chi connectivity index (χ1v) is 21.7. The van der Waals surface area contributed by atoms with Gasteiger partial charge in [0.15, 0.2) is 0 Å². The van der Waals surface area contributed by atoms with Crippen LogP contribution in [0.5, 0.6) is 0 Å². The lowest BCUT2D eigenvalue weighted by Gasteiger charge is -2.57. The summed E-state index contributed by atoms with van der Waals surface area (Å²) < 4.78 is 5.35. The second-order valence-corrected chi connectivity index (χ2v) is 18.9. The highest BCUT2D eigenvalue weighted by Crippen LogP contribution is 2.62. The average molecular weight is 830 g/mol. The van der Waals surface area contributed by atoms with E-state index >= 15 is 0 Å². The van der Waals surface area contributed by atoms with Crippen molar-refractivity contribution < 1.29 is 33.5 Å². The molecule has 3 aliphatic rings. The summed E-state index contributed by atoms with van der Waals surface area (Å²) >= 11 is 0. The van der Waals surface area contributed by atoms with Gasteiger partial charge in [0.05, 0.1) is 6.04 Å². The van der Waals surface area contributed by atoms with Gasteiger partial charge in [-0.3, -0.25) is 24.0 Å². The van der Waals surface area contributed by atoms with E-state index in [4.69, 9.17) is 10.5 Å². The number of hydrogen-bond acceptors (Lipinski definition) is 8. The minimum absolute atomic E-state index is 0.00463. The summed E-state index contributed by atoms with van der Waals surface area (Å²) in [7, 11) is 0. The van der Waals surface area contributed by atoms with Gasteiger partial charge in [-0.25, -0.2) is 4.79 Å². The molecule has 2 aliphatic heterocycles. The first-order chi connectivity index (χ1) is 28.4. The van der Waals surface area contributed by atoms with Gasteiger partial charge in [0, 0.05) is 39.0 Å². The summed E-state index contributed by atoms with van der Waals surface area (Å²) in [4.78, 5) is 82.1. The molecule has 14 heteroatoms. The monoisotopic (exact) mass is 830 g/mol. The van der Waals surface area contributed by atoms with Crippen molar-refractivity contribution in [3.05, 3.63) is 71.8 Å². The van der Waals surface area contributed by atoms with Crippen molar-refractivity contribution in [3.8, 4) is 0 Å². The molecule has 0 bridgehead atoms. The zero-order chi connectivity index (χ0) is 43.5. The Labute approximate surface area is 355 Å². The van der Waals surface area contributed by atoms with Crippen LogP contribution < -0.4 is 32.3 Å². The molecular formula is C46H67N7O7. The Morgan fingerprint density at radius 2 is 1.35 bits per heavy atom. The zero-order valence-corrected chi connectivity index (χ0v) is 36.1. The molecule has 4 atom stereocenters. The first-order valence-electron chi connectivity index (χ1n) is 21.7. The lowest BCUT2D eigenvalue weighted by Crippen LogP contribution is -2.59. The van der Waals surface area contributed by atoms with Crippen LogP contribution in [-0.2, 0) is 41.6 Å². The van der Waals surface area contributed by atoms with Crippen LogP contribution in [0.2, 0.25) is 0 Å². The molecule has 1 saturated carbocycles. The topological polar surface area (TPSA) is 201 Å². The molecule has 1 aliphatic carbocycles. The molecule has 2 aromatic rings. The van der Waals surface area contributed by atoms with Crippen LogP contribution in [0.3, 0.4) is 0 Å². The molecule has 7 N–H and O–H groups in total. The van der Waals surface area contributed by atoms with Crippen LogP contribution in [0.4, 0.5) is 4.79 Å². The third-order valence-electron chi connectivity index (χ3n) is 11.9. The van der Waals surface area contributed by atoms with E-state index in [9.17, 15) is 28.8 Å². The summed E-state index contributed by atoms with van der Waals surface area (Å²) in [5.74, 6) is -1.56. The number of nitrogens with two attached hydrogens (primary N) is 1. The van der Waals surface area contributed by atoms with Gasteiger partial charge in [0.1, 0.15) is 23.7 Å². The smallest absolute Gasteiger partial charge is 0.407 e. The highest BCUT2D eigenvalue weighted by atomic mass is 16.6. The molecule has 2 saturated heterocycles. The van der Waals surface area contributed by atoms with E-state index in [-0.39, 0.29) is 41.4 Å². The molecule has 2 spiro atoms. The van der Waals surface area contributed by atoms with Crippen LogP contribution in [-0.4, -0.2) is 96.5 Å². The van der Waals surface area contributed by atoms with Crippen molar-refractivity contribution in [2.75, 3.05) is 26.2 Å². The molecule has 2 aromatic carbocycles. The van der Waals surface area contributed by atoms with Crippen molar-refractivity contribution in [3.63, 3.8) is 0 Å². The standard InChI is InChI=1S/C46H67N7O7/c1-31(2)24-36(52-41(57)37(26-33-16-10-7-11-17-33)51-39(55)34(47)25-32-14-8-6-9-15-32)40(56)50-35(18-12-13-21-48-43(59)60-44(3,4)5)42(58)53-22-19-45(20-23-53)28-46(29-45)27-38(54)49-30-46/h6-11,14-17,31,34-37H,12-13,18-30,47H2,1-5H3,(H,48,59)(H,49,54)(H,50,56)(H,51,55)(H,52,57)/t34-,35-,36-,37-/m1/s1. The van der Waals surface area contributed by atoms with E-state index in [1.165, 1.54) is 0 Å². The van der Waals surface area contributed by atoms with E-state index in [2.05, 4.69) is 26.6 Å². The van der Waals surface area contributed by atoms with Crippen LogP contribution in [0, 0.1) is 16.7 Å². The number of unbranched alkanes of at least 4 members (excludes halogenated alkanes) is 1. The Kier molecular flexibility index (Phi) is 15.8. The second kappa shape index (κ2) is 20.5. The number of amides is 6. The van der Waals surface area contributed by atoms with Crippen molar-refractivity contribution in [1.29, 1.82) is 0 Å². The number of piperidine rings is 1. The number of hydrogen-bond donors (Lipinski definition) is 6. The average Bonchev–Trinajstić information content (AvgIpc) is 3.56. The number of nitrogens with one attached hydrogen (secondary N) is 5. The fourth-order valence-corrected chi connectivity index (χ4v) is 9.10. The largest absolute Gasteiger partial charge is 0.444 e. The number of likely N-dealkylation sites (tertiary alicyclic amines) is 1. The van der Waals surface area contributed by atoms with Gasteiger partial charge in [-0.15, -0.1) is 0 Å². The predicted octanol–water partition coefficient (Wildman–Crippen LogP) is 3.90. The molecule has 60 heavy (non-hydrogen) atoms. The number of rotatable bonds is 18. The van der Waals surface area contributed by atoms with E-state index in [1.807, 2.05) is 79.4 Å². The maximum Gasteiger partial charge on any atom is 0.407 e. The van der Waals surface area contributed by atoms with Crippen LogP contribution in [0.1, 0.15) is 104 Å². The lowest BCUT2D eigenvalue weighted by atomic mass is 9.49. The molecule has 328 valence electrons. The van der Waals surface area contributed by atoms with E-state index < -0.39 is 53.6 Å². The fourth-order valence-electron chi connectivity index (χ4n) is 9.10. The maximum absolute atomic E-state index is 14.3. The van der Waals surface area contributed by atoms with Gasteiger partial charge < -0.3 is 42.0 Å². The predicted molar refractivity (Wildman–Crippen MR) is 229 cm³/mol. The number of nitrogens with zero attached hydrogens (tertiary/aromatic N) is 1. The van der Waals surface area contributed by atoms with Crippen molar-refractivity contribution in [2.24, 2.45) is 22.5 Å². The molecular weight excluding hydrogens is 763 g/mol. The number of ether oxygens (including phenoxy) is 1. The molecule has 0 radical (unpaired) electrons. The van der Waals surface area contributed by atoms with Crippen LogP contribution >= 0.6 is 0 Å². The number of alkyl carbamates (subject to hydrolysis) is 1. The molecule has 6 amide bonds. The quantitative estimate of drug-likeness (QED) is 0.122. The molecule has 14 nitrogen and oxygen atoms in total. The van der Waals surface area contributed by atoms with Crippen molar-refractivity contribution in [2.45, 2.75) is 135 Å². The molecule has 0 aromatic heterocycles. The highest BCUT2D eigenvalue weighted by Gasteiger charge is 2.57. The molecule has 0 unspecified atom stereocenters. The first kappa shape index (κ1) is 46.1. The minimum atomic E-state index is -1.02. The normalized spacial score (nSPS) is 18.7. The SMILES string of the molecule is CC(C)C[C@@H](NC(=O)[C@@H](Cc1ccccc1)NC(=O)[C@H](N)Cc1ccccc1)C(=O)N[C@H](CCCCNC(=O)OC(C)(C)C)C(=O)N1CCC2(CC1)CC1(CNC(=O)C1)C2. The van der Waals surface area contributed by atoms with Crippen molar-refractivity contribution in [1.82, 2.24) is 31.5 Å². The van der Waals surface area contributed by atoms with Gasteiger partial charge >= 0.3 is 6.09 Å². The maximum atomic E-state index is 14.3. The Balaban J connectivity index is 1.26. The second-order valence-electron chi connectivity index (χ2n) is 18.9. The molecule has 2 heterocycles. The van der Waals surface area contributed by atoms with Gasteiger partial charge in [-0.1, -0.05) is 74.5 Å². The lowest BCUT2D eigenvalue weighted by molar-refractivity contribution is -0.143. The van der Waals surface area contributed by atoms with Gasteiger partial charge in [0.25, 0.3) is 0 Å².